The molecule has 0 aromatic heterocycles. The summed E-state index contributed by atoms with van der Waals surface area (Å²) < 4.78 is 0. The van der Waals surface area contributed by atoms with Crippen molar-refractivity contribution in [1.29, 1.82) is 0 Å². The van der Waals surface area contributed by atoms with Crippen LogP contribution < -0.4 is 0 Å². The van der Waals surface area contributed by atoms with Crippen molar-refractivity contribution in [2.75, 3.05) is 0 Å². The predicted molar refractivity (Wildman–Crippen MR) is 7.98 cm³/mol. The Kier molecular flexibility index (Phi) is 96.1. The molecule has 0 saturated carbocycles. The fourth-order valence-corrected chi connectivity index (χ4v) is 0. The second-order valence-electron chi connectivity index (χ2n) is 0. The SMILES string of the molecule is [Ca+2].[Ce].[H-].[H-].[Ti].[W]. The molecule has 0 aliphatic rings. The molecule has 0 saturated heterocycles. The Morgan fingerprint density at radius 1 is 1.25 bits per heavy atom. The van der Waals surface area contributed by atoms with E-state index in [0.717, 1.165) is 0 Å². The van der Waals surface area contributed by atoms with Crippen molar-refractivity contribution in [2.45, 2.75) is 0 Å². The van der Waals surface area contributed by atoms with Crippen LogP contribution in [0.15, 0.2) is 0 Å². The molecular weight excluding hydrogens is 412 g/mol. The number of hydrogen-bond acceptors (Lipinski definition) is 0. The van der Waals surface area contributed by atoms with Crippen molar-refractivity contribution in [3.8, 4) is 0 Å². The second-order valence-corrected chi connectivity index (χ2v) is 0. The van der Waals surface area contributed by atoms with Crippen LogP contribution in [0.3, 0.4) is 0 Å². The van der Waals surface area contributed by atoms with Gasteiger partial charge in [-0.15, -0.1) is 0 Å². The summed E-state index contributed by atoms with van der Waals surface area (Å²) in [5.41, 5.74) is 0. The molecule has 0 atom stereocenters. The van der Waals surface area contributed by atoms with Gasteiger partial charge in [-0.25, -0.2) is 0 Å². The van der Waals surface area contributed by atoms with Gasteiger partial charge in [0.1, 0.15) is 0 Å². The van der Waals surface area contributed by atoms with E-state index in [1.807, 2.05) is 0 Å². The Morgan fingerprint density at radius 2 is 1.25 bits per heavy atom. The van der Waals surface area contributed by atoms with Gasteiger partial charge in [-0.1, -0.05) is 0 Å². The summed E-state index contributed by atoms with van der Waals surface area (Å²) in [5.74, 6) is 0. The van der Waals surface area contributed by atoms with Gasteiger partial charge in [-0.2, -0.15) is 0 Å². The zero-order valence-electron chi connectivity index (χ0n) is 4.12. The smallest absolute Gasteiger partial charge is 1.00 e. The van der Waals surface area contributed by atoms with Gasteiger partial charge in [-0.05, 0) is 0 Å². The fourth-order valence-electron chi connectivity index (χ4n) is 0. The third-order valence-electron chi connectivity index (χ3n) is 0. The van der Waals surface area contributed by atoms with Crippen LogP contribution in [0.2, 0.25) is 0 Å². The summed E-state index contributed by atoms with van der Waals surface area (Å²) >= 11 is 0. The molecule has 0 unspecified atom stereocenters. The summed E-state index contributed by atoms with van der Waals surface area (Å²) in [6.45, 7) is 0. The standard InChI is InChI=1S/Ca.Ce.Ti.W.2H/q+2;;;;2*-1. The molecule has 0 aromatic rings. The van der Waals surface area contributed by atoms with Crippen molar-refractivity contribution in [3.63, 3.8) is 0 Å². The molecule has 0 bridgehead atoms. The first-order valence-electron chi connectivity index (χ1n) is 0. The molecule has 0 aliphatic carbocycles. The van der Waals surface area contributed by atoms with Crippen LogP contribution >= 0.6 is 0 Å². The molecular formula is H2CaCeTiW. The maximum Gasteiger partial charge on any atom is 2.00 e. The van der Waals surface area contributed by atoms with E-state index in [-0.39, 0.29) is 125 Å². The fraction of sp³-hybridized carbons (Fsp3) is 0. The van der Waals surface area contributed by atoms with Crippen molar-refractivity contribution in [3.05, 3.63) is 0 Å². The minimum atomic E-state index is 0. The molecule has 0 nitrogen and oxygen atoms in total. The Labute approximate surface area is 122 Å². The quantitative estimate of drug-likeness (QED) is 0.484. The molecule has 18 valence electrons. The van der Waals surface area contributed by atoms with Gasteiger partial charge in [0.25, 0.3) is 0 Å². The number of hydrogen-bond donors (Lipinski definition) is 0. The largest absolute Gasteiger partial charge is 2.00 e. The van der Waals surface area contributed by atoms with Crippen molar-refractivity contribution in [1.82, 2.24) is 0 Å². The maximum atomic E-state index is 0. The van der Waals surface area contributed by atoms with Gasteiger partial charge in [0.15, 0.2) is 0 Å². The normalized spacial score (nSPS) is 0. The van der Waals surface area contributed by atoms with E-state index < -0.39 is 0 Å². The third-order valence-corrected chi connectivity index (χ3v) is 0. The monoisotopic (exact) mass is 414 g/mol. The van der Waals surface area contributed by atoms with Gasteiger partial charge < -0.3 is 2.85 Å². The molecule has 0 fully saturated rings. The summed E-state index contributed by atoms with van der Waals surface area (Å²) in [6.07, 6.45) is 0. The molecule has 0 radical (unpaired) electrons. The molecule has 0 amide bonds. The van der Waals surface area contributed by atoms with Crippen LogP contribution in [-0.4, -0.2) is 37.7 Å². The first-order chi connectivity index (χ1) is 0. The maximum absolute atomic E-state index is 0. The van der Waals surface area contributed by atoms with Gasteiger partial charge in [0, 0.05) is 84.5 Å². The first-order valence-corrected chi connectivity index (χ1v) is 0. The van der Waals surface area contributed by atoms with E-state index in [1.54, 1.807) is 0 Å². The molecule has 4 heavy (non-hydrogen) atoms. The average molecular weight is 414 g/mol. The van der Waals surface area contributed by atoms with Crippen LogP contribution in [0.5, 0.6) is 0 Å². The molecule has 0 aliphatic heterocycles. The van der Waals surface area contributed by atoms with Crippen LogP contribution in [0.4, 0.5) is 0 Å². The van der Waals surface area contributed by atoms with Crippen molar-refractivity contribution < 1.29 is 87.4 Å². The van der Waals surface area contributed by atoms with E-state index in [0.29, 0.717) is 0 Å². The summed E-state index contributed by atoms with van der Waals surface area (Å²) in [4.78, 5) is 0. The van der Waals surface area contributed by atoms with Crippen LogP contribution in [0, 0.1) is 41.7 Å². The molecule has 0 spiro atoms. The van der Waals surface area contributed by atoms with Crippen LogP contribution in [-0.2, 0) is 42.8 Å². The van der Waals surface area contributed by atoms with Crippen LogP contribution in [0.25, 0.3) is 0 Å². The summed E-state index contributed by atoms with van der Waals surface area (Å²) in [6, 6.07) is 0. The topological polar surface area (TPSA) is 0 Å². The van der Waals surface area contributed by atoms with E-state index >= 15 is 0 Å². The van der Waals surface area contributed by atoms with E-state index in [9.17, 15) is 0 Å². The minimum absolute atomic E-state index is 0. The molecule has 0 rings (SSSR count). The second kappa shape index (κ2) is 15.7. The van der Waals surface area contributed by atoms with E-state index in [4.69, 9.17) is 0 Å². The first kappa shape index (κ1) is 24.4. The summed E-state index contributed by atoms with van der Waals surface area (Å²) in [7, 11) is 0. The Balaban J connectivity index is 0. The zero-order valence-corrected chi connectivity index (χ0v) is 12.0. The Hall–Kier alpha value is 4.04. The van der Waals surface area contributed by atoms with Gasteiger partial charge >= 0.3 is 37.7 Å². The predicted octanol–water partition coefficient (Wildman–Crippen LogP) is -0.161. The molecule has 0 heterocycles. The molecule has 4 heteroatoms. The average Bonchev–Trinajstić information content (AvgIpc) is 0. The number of rotatable bonds is 0. The van der Waals surface area contributed by atoms with Gasteiger partial charge in [-0.3, -0.25) is 0 Å². The summed E-state index contributed by atoms with van der Waals surface area (Å²) in [5, 5.41) is 0. The van der Waals surface area contributed by atoms with E-state index in [1.165, 1.54) is 0 Å². The zero-order chi connectivity index (χ0) is 0. The van der Waals surface area contributed by atoms with Gasteiger partial charge in [0.2, 0.25) is 0 Å². The van der Waals surface area contributed by atoms with Gasteiger partial charge in [0.05, 0.1) is 0 Å². The molecule has 0 aromatic carbocycles. The Morgan fingerprint density at radius 3 is 1.25 bits per heavy atom. The third kappa shape index (κ3) is 9.40. The molecule has 0 N–H and O–H groups in total. The Bertz CT molecular complexity index is 13.5. The van der Waals surface area contributed by atoms with Crippen molar-refractivity contribution in [2.24, 2.45) is 0 Å². The van der Waals surface area contributed by atoms with Crippen LogP contribution in [0.1, 0.15) is 2.85 Å². The minimum Gasteiger partial charge on any atom is -1.00 e. The van der Waals surface area contributed by atoms with E-state index in [2.05, 4.69) is 0 Å². The van der Waals surface area contributed by atoms with Crippen molar-refractivity contribution >= 4 is 37.7 Å².